The quantitative estimate of drug-likeness (QED) is 0.0261. The van der Waals surface area contributed by atoms with Crippen LogP contribution in [0.15, 0.2) is 146 Å². The largest absolute Gasteiger partial charge is 0.462 e. The van der Waals surface area contributed by atoms with Crippen LogP contribution in [0.25, 0.3) is 0 Å². The number of carbonyl (C=O) groups is 3. The number of hydrogen-bond acceptors (Lipinski definition) is 6. The fourth-order valence-corrected chi connectivity index (χ4v) is 9.26. The molecule has 0 bridgehead atoms. The summed E-state index contributed by atoms with van der Waals surface area (Å²) in [4.78, 5) is 38.3. The van der Waals surface area contributed by atoms with Crippen LogP contribution in [0.3, 0.4) is 0 Å². The highest BCUT2D eigenvalue weighted by Crippen LogP contribution is 2.16. The molecule has 0 spiro atoms. The molecule has 0 amide bonds. The maximum atomic E-state index is 12.9. The third-order valence-electron chi connectivity index (χ3n) is 14.3. The molecule has 0 aromatic heterocycles. The van der Waals surface area contributed by atoms with Gasteiger partial charge in [-0.2, -0.15) is 0 Å². The van der Waals surface area contributed by atoms with Crippen LogP contribution >= 0.6 is 0 Å². The van der Waals surface area contributed by atoms with Gasteiger partial charge in [0.2, 0.25) is 0 Å². The lowest BCUT2D eigenvalue weighted by Gasteiger charge is -2.18. The number of ether oxygens (including phenoxy) is 3. The molecule has 0 aliphatic heterocycles. The number of hydrogen-bond donors (Lipinski definition) is 0. The molecule has 0 saturated heterocycles. The van der Waals surface area contributed by atoms with E-state index in [-0.39, 0.29) is 37.5 Å². The Balaban J connectivity index is 4.39. The van der Waals surface area contributed by atoms with Crippen LogP contribution in [0.2, 0.25) is 0 Å². The summed E-state index contributed by atoms with van der Waals surface area (Å²) in [6.45, 7) is 6.35. The van der Waals surface area contributed by atoms with Crippen molar-refractivity contribution in [3.8, 4) is 0 Å². The summed E-state index contributed by atoms with van der Waals surface area (Å²) in [5.41, 5.74) is 0. The van der Waals surface area contributed by atoms with Crippen LogP contribution < -0.4 is 0 Å². The van der Waals surface area contributed by atoms with Crippen molar-refractivity contribution < 1.29 is 28.6 Å². The summed E-state index contributed by atoms with van der Waals surface area (Å²) < 4.78 is 16.9. The molecule has 0 saturated carbocycles. The number of rotatable bonds is 61. The van der Waals surface area contributed by atoms with Crippen molar-refractivity contribution in [3.63, 3.8) is 0 Å². The second kappa shape index (κ2) is 69.8. The highest BCUT2D eigenvalue weighted by Gasteiger charge is 2.19. The molecule has 0 heterocycles. The molecular weight excluding hydrogens is 1020 g/mol. The third kappa shape index (κ3) is 68.0. The molecule has 0 aromatic carbocycles. The predicted molar refractivity (Wildman–Crippen MR) is 362 cm³/mol. The SMILES string of the molecule is CC/C=C\C/C=C\C/C=C\C/C=C\C/C=C\C/C=C\C/C=C\CCCCCCCC(=O)OCC(COC(=O)CC/C=C\C/C=C\C/C=C\C/C=C\CC)OC(=O)CCCCCCCCCCCCCCC/C=C\CCCCCCCCCC. The predicted octanol–water partition coefficient (Wildman–Crippen LogP) is 23.9. The van der Waals surface area contributed by atoms with Crippen LogP contribution in [0.4, 0.5) is 0 Å². The zero-order valence-corrected chi connectivity index (χ0v) is 53.9. The molecule has 83 heavy (non-hydrogen) atoms. The van der Waals surface area contributed by atoms with E-state index in [4.69, 9.17) is 14.2 Å². The summed E-state index contributed by atoms with van der Waals surface area (Å²) in [6, 6.07) is 0. The number of allylic oxidation sites excluding steroid dienone is 24. The topological polar surface area (TPSA) is 78.9 Å². The minimum Gasteiger partial charge on any atom is -0.462 e. The fourth-order valence-electron chi connectivity index (χ4n) is 9.26. The monoisotopic (exact) mass is 1150 g/mol. The Labute approximate surface area is 512 Å². The van der Waals surface area contributed by atoms with E-state index in [1.165, 1.54) is 128 Å². The highest BCUT2D eigenvalue weighted by molar-refractivity contribution is 5.71. The Morgan fingerprint density at radius 2 is 0.494 bits per heavy atom. The molecule has 0 aliphatic carbocycles. The Hall–Kier alpha value is -4.71. The number of carbonyl (C=O) groups excluding carboxylic acids is 3. The van der Waals surface area contributed by atoms with E-state index in [1.54, 1.807) is 0 Å². The fraction of sp³-hybridized carbons (Fsp3) is 0.649. The maximum Gasteiger partial charge on any atom is 0.306 e. The maximum absolute atomic E-state index is 12.9. The van der Waals surface area contributed by atoms with E-state index in [0.717, 1.165) is 128 Å². The molecule has 6 heteroatoms. The van der Waals surface area contributed by atoms with Crippen molar-refractivity contribution >= 4 is 17.9 Å². The van der Waals surface area contributed by atoms with Crippen molar-refractivity contribution in [2.75, 3.05) is 13.2 Å². The Morgan fingerprint density at radius 1 is 0.253 bits per heavy atom. The minimum absolute atomic E-state index is 0.114. The average molecular weight is 1150 g/mol. The van der Waals surface area contributed by atoms with Gasteiger partial charge in [0, 0.05) is 19.3 Å². The normalized spacial score (nSPS) is 13.0. The Morgan fingerprint density at radius 3 is 0.819 bits per heavy atom. The molecule has 1 unspecified atom stereocenters. The number of esters is 3. The van der Waals surface area contributed by atoms with Crippen molar-refractivity contribution in [1.82, 2.24) is 0 Å². The summed E-state index contributed by atoms with van der Waals surface area (Å²) >= 11 is 0. The minimum atomic E-state index is -0.823. The highest BCUT2D eigenvalue weighted by atomic mass is 16.6. The molecule has 0 fully saturated rings. The Bertz CT molecular complexity index is 1800. The lowest BCUT2D eigenvalue weighted by Crippen LogP contribution is -2.30. The van der Waals surface area contributed by atoms with Crippen LogP contribution in [0, 0.1) is 0 Å². The first-order valence-corrected chi connectivity index (χ1v) is 34.3. The van der Waals surface area contributed by atoms with Gasteiger partial charge >= 0.3 is 17.9 Å². The molecule has 6 nitrogen and oxygen atoms in total. The molecule has 0 aliphatic rings. The summed E-state index contributed by atoms with van der Waals surface area (Å²) in [5.74, 6) is -1.01. The van der Waals surface area contributed by atoms with Crippen LogP contribution in [0.5, 0.6) is 0 Å². The van der Waals surface area contributed by atoms with E-state index in [9.17, 15) is 14.4 Å². The third-order valence-corrected chi connectivity index (χ3v) is 14.3. The van der Waals surface area contributed by atoms with Gasteiger partial charge < -0.3 is 14.2 Å². The molecule has 0 aromatic rings. The summed E-state index contributed by atoms with van der Waals surface area (Å²) in [5, 5.41) is 0. The molecule has 1 atom stereocenters. The van der Waals surface area contributed by atoms with E-state index in [2.05, 4.69) is 161 Å². The van der Waals surface area contributed by atoms with Crippen molar-refractivity contribution in [2.45, 2.75) is 309 Å². The standard InChI is InChI=1S/C77H126O6/c1-4-7-10-13-16-19-22-25-27-29-31-33-35-37-38-40-41-43-45-47-49-52-55-58-61-64-67-70-76(79)82-73-74(72-81-75(78)69-66-63-60-57-54-51-24-21-18-15-12-9-6-3)83-77(80)71-68-65-62-59-56-53-50-48-46-44-42-39-36-34-32-30-28-26-23-20-17-14-11-8-5-2/h7,9-10,12,16,18-19,21,25,27,30-33,37-38,41,43,47,49,51,54,60,63,74H,4-6,8,11,13-15,17,20,22-24,26,28-29,34-36,39-40,42,44-46,48,50,52-53,55-59,61-62,64-73H2,1-3H3/b10-7-,12-9-,19-16-,21-18-,27-25-,32-30-,33-31-,38-37-,43-41-,49-47-,54-51-,63-60-. The molecule has 0 radical (unpaired) electrons. The van der Waals surface area contributed by atoms with Crippen molar-refractivity contribution in [2.24, 2.45) is 0 Å². The Kier molecular flexibility index (Phi) is 65.8. The lowest BCUT2D eigenvalue weighted by atomic mass is 10.0. The van der Waals surface area contributed by atoms with Gasteiger partial charge in [-0.3, -0.25) is 14.4 Å². The molecule has 0 N–H and O–H groups in total. The van der Waals surface area contributed by atoms with Gasteiger partial charge in [0.25, 0.3) is 0 Å². The second-order valence-corrected chi connectivity index (χ2v) is 22.3. The van der Waals surface area contributed by atoms with Gasteiger partial charge in [-0.15, -0.1) is 0 Å². The van der Waals surface area contributed by atoms with E-state index >= 15 is 0 Å². The van der Waals surface area contributed by atoms with Gasteiger partial charge in [0.15, 0.2) is 6.10 Å². The van der Waals surface area contributed by atoms with Gasteiger partial charge in [0.05, 0.1) is 0 Å². The van der Waals surface area contributed by atoms with E-state index in [0.29, 0.717) is 19.3 Å². The first kappa shape index (κ1) is 78.3. The van der Waals surface area contributed by atoms with Crippen molar-refractivity contribution in [1.29, 1.82) is 0 Å². The van der Waals surface area contributed by atoms with E-state index in [1.807, 2.05) is 6.08 Å². The first-order valence-electron chi connectivity index (χ1n) is 34.3. The smallest absolute Gasteiger partial charge is 0.306 e. The molecule has 470 valence electrons. The van der Waals surface area contributed by atoms with Crippen LogP contribution in [-0.2, 0) is 28.6 Å². The van der Waals surface area contributed by atoms with Gasteiger partial charge in [0.1, 0.15) is 13.2 Å². The molecular formula is C77H126O6. The van der Waals surface area contributed by atoms with E-state index < -0.39 is 6.10 Å². The zero-order valence-electron chi connectivity index (χ0n) is 53.9. The average Bonchev–Trinajstić information content (AvgIpc) is 3.49. The van der Waals surface area contributed by atoms with Gasteiger partial charge in [-0.1, -0.05) is 301 Å². The number of unbranched alkanes of at least 4 members (excludes halogenated alkanes) is 26. The lowest BCUT2D eigenvalue weighted by molar-refractivity contribution is -0.166. The van der Waals surface area contributed by atoms with Crippen molar-refractivity contribution in [3.05, 3.63) is 146 Å². The van der Waals surface area contributed by atoms with Gasteiger partial charge in [-0.25, -0.2) is 0 Å². The zero-order chi connectivity index (χ0) is 59.9. The summed E-state index contributed by atoms with van der Waals surface area (Å²) in [6.07, 6.45) is 100. The van der Waals surface area contributed by atoms with Crippen LogP contribution in [0.1, 0.15) is 303 Å². The van der Waals surface area contributed by atoms with Gasteiger partial charge in [-0.05, 0) is 128 Å². The van der Waals surface area contributed by atoms with Crippen LogP contribution in [-0.4, -0.2) is 37.2 Å². The summed E-state index contributed by atoms with van der Waals surface area (Å²) in [7, 11) is 0. The first-order chi connectivity index (χ1) is 41.0. The molecule has 0 rings (SSSR count). The second-order valence-electron chi connectivity index (χ2n) is 22.3.